The Balaban J connectivity index is 2.19. The molecule has 0 spiro atoms. The van der Waals surface area contributed by atoms with Crippen molar-refractivity contribution in [1.29, 1.82) is 0 Å². The number of halogens is 3. The first-order valence-corrected chi connectivity index (χ1v) is 6.13. The second kappa shape index (κ2) is 5.55. The number of hydrogen-bond acceptors (Lipinski definition) is 4. The molecule has 21 heavy (non-hydrogen) atoms. The molecule has 0 saturated heterocycles. The third kappa shape index (κ3) is 4.04. The van der Waals surface area contributed by atoms with Crippen molar-refractivity contribution in [3.05, 3.63) is 40.4 Å². The van der Waals surface area contributed by atoms with E-state index in [0.717, 1.165) is 0 Å². The Morgan fingerprint density at radius 2 is 2.05 bits per heavy atom. The zero-order valence-corrected chi connectivity index (χ0v) is 11.0. The molecule has 0 bridgehead atoms. The molecule has 1 atom stereocenters. The summed E-state index contributed by atoms with van der Waals surface area (Å²) in [6.45, 7) is 1.41. The summed E-state index contributed by atoms with van der Waals surface area (Å²) < 4.78 is 36.8. The summed E-state index contributed by atoms with van der Waals surface area (Å²) in [5.41, 5.74) is 0.417. The van der Waals surface area contributed by atoms with E-state index in [0.29, 0.717) is 16.7 Å². The van der Waals surface area contributed by atoms with Gasteiger partial charge < -0.3 is 5.32 Å². The first kappa shape index (κ1) is 15.0. The smallest absolute Gasteiger partial charge is 0.367 e. The second-order valence-electron chi connectivity index (χ2n) is 4.70. The summed E-state index contributed by atoms with van der Waals surface area (Å²) in [5.74, 6) is 0.299. The largest absolute Gasteiger partial charge is 0.391 e. The summed E-state index contributed by atoms with van der Waals surface area (Å²) in [5, 5.41) is 13.9. The lowest BCUT2D eigenvalue weighted by Gasteiger charge is -2.16. The highest BCUT2D eigenvalue weighted by Gasteiger charge is 2.30. The van der Waals surface area contributed by atoms with Crippen LogP contribution in [0.1, 0.15) is 13.3 Å². The highest BCUT2D eigenvalue weighted by Crippen LogP contribution is 2.24. The standard InChI is InChI=1S/C13H12F3N3O2/c1-8(7-13(14,15)16)17-12-5-2-9-6-10(19(20)21)3-4-11(9)18-12/h2-6,8H,7H2,1H3,(H,17,18). The van der Waals surface area contributed by atoms with Gasteiger partial charge in [0.05, 0.1) is 16.9 Å². The van der Waals surface area contributed by atoms with Crippen molar-refractivity contribution < 1.29 is 18.1 Å². The van der Waals surface area contributed by atoms with Gasteiger partial charge in [0.1, 0.15) is 5.82 Å². The van der Waals surface area contributed by atoms with Crippen molar-refractivity contribution in [2.75, 3.05) is 5.32 Å². The lowest BCUT2D eigenvalue weighted by atomic mass is 10.2. The van der Waals surface area contributed by atoms with Crippen molar-refractivity contribution in [2.24, 2.45) is 0 Å². The molecule has 1 heterocycles. The van der Waals surface area contributed by atoms with Crippen molar-refractivity contribution in [1.82, 2.24) is 4.98 Å². The molecular formula is C13H12F3N3O2. The first-order valence-electron chi connectivity index (χ1n) is 6.13. The van der Waals surface area contributed by atoms with Crippen molar-refractivity contribution in [3.63, 3.8) is 0 Å². The van der Waals surface area contributed by atoms with Crippen LogP contribution in [0.2, 0.25) is 0 Å². The SMILES string of the molecule is CC(CC(F)(F)F)Nc1ccc2cc([N+](=O)[O-])ccc2n1. The van der Waals surface area contributed by atoms with Crippen LogP contribution in [-0.4, -0.2) is 22.1 Å². The van der Waals surface area contributed by atoms with Gasteiger partial charge in [0, 0.05) is 23.6 Å². The van der Waals surface area contributed by atoms with E-state index in [1.54, 1.807) is 6.07 Å². The number of pyridine rings is 1. The van der Waals surface area contributed by atoms with Crippen LogP contribution in [0.25, 0.3) is 10.9 Å². The molecule has 5 nitrogen and oxygen atoms in total. The number of nitro benzene ring substituents is 1. The van der Waals surface area contributed by atoms with Crippen molar-refractivity contribution in [2.45, 2.75) is 25.6 Å². The molecule has 1 N–H and O–H groups in total. The van der Waals surface area contributed by atoms with Crippen LogP contribution in [-0.2, 0) is 0 Å². The van der Waals surface area contributed by atoms with Gasteiger partial charge in [0.2, 0.25) is 0 Å². The van der Waals surface area contributed by atoms with Crippen LogP contribution in [0.5, 0.6) is 0 Å². The van der Waals surface area contributed by atoms with Crippen LogP contribution in [0.15, 0.2) is 30.3 Å². The normalized spacial score (nSPS) is 13.1. The molecule has 1 aromatic heterocycles. The molecule has 112 valence electrons. The quantitative estimate of drug-likeness (QED) is 0.687. The van der Waals surface area contributed by atoms with Crippen molar-refractivity contribution in [3.8, 4) is 0 Å². The summed E-state index contributed by atoms with van der Waals surface area (Å²) >= 11 is 0. The van der Waals surface area contributed by atoms with E-state index in [4.69, 9.17) is 0 Å². The van der Waals surface area contributed by atoms with Crippen LogP contribution in [0.4, 0.5) is 24.7 Å². The number of fused-ring (bicyclic) bond motifs is 1. The maximum atomic E-state index is 12.3. The lowest BCUT2D eigenvalue weighted by Crippen LogP contribution is -2.24. The van der Waals surface area contributed by atoms with Gasteiger partial charge in [-0.05, 0) is 25.1 Å². The number of hydrogen-bond donors (Lipinski definition) is 1. The molecule has 2 rings (SSSR count). The molecule has 2 aromatic rings. The van der Waals surface area contributed by atoms with E-state index in [1.807, 2.05) is 0 Å². The zero-order valence-electron chi connectivity index (χ0n) is 11.0. The number of anilines is 1. The Bertz CT molecular complexity index is 673. The lowest BCUT2D eigenvalue weighted by molar-refractivity contribution is -0.384. The number of aromatic nitrogens is 1. The minimum Gasteiger partial charge on any atom is -0.367 e. The van der Waals surface area contributed by atoms with Gasteiger partial charge in [0.15, 0.2) is 0 Å². The fraction of sp³-hybridized carbons (Fsp3) is 0.308. The fourth-order valence-corrected chi connectivity index (χ4v) is 1.96. The fourth-order valence-electron chi connectivity index (χ4n) is 1.96. The minimum absolute atomic E-state index is 0.0598. The number of non-ortho nitro benzene ring substituents is 1. The molecule has 0 aliphatic rings. The molecule has 0 aliphatic heterocycles. The molecule has 1 aromatic carbocycles. The van der Waals surface area contributed by atoms with E-state index < -0.39 is 23.6 Å². The van der Waals surface area contributed by atoms with Gasteiger partial charge in [-0.15, -0.1) is 0 Å². The van der Waals surface area contributed by atoms with Crippen LogP contribution < -0.4 is 5.32 Å². The summed E-state index contributed by atoms with van der Waals surface area (Å²) in [7, 11) is 0. The summed E-state index contributed by atoms with van der Waals surface area (Å²) in [4.78, 5) is 14.3. The average Bonchev–Trinajstić information content (AvgIpc) is 2.35. The Hall–Kier alpha value is -2.38. The number of rotatable bonds is 4. The molecule has 0 aliphatic carbocycles. The van der Waals surface area contributed by atoms with Gasteiger partial charge in [-0.2, -0.15) is 13.2 Å². The maximum absolute atomic E-state index is 12.3. The number of nitrogens with zero attached hydrogens (tertiary/aromatic N) is 2. The van der Waals surface area contributed by atoms with E-state index in [9.17, 15) is 23.3 Å². The topological polar surface area (TPSA) is 68.1 Å². The zero-order chi connectivity index (χ0) is 15.6. The molecule has 1 unspecified atom stereocenters. The van der Waals surface area contributed by atoms with E-state index in [-0.39, 0.29) is 5.69 Å². The number of nitrogens with one attached hydrogen (secondary N) is 1. The van der Waals surface area contributed by atoms with E-state index in [2.05, 4.69) is 10.3 Å². The first-order chi connectivity index (χ1) is 9.74. The van der Waals surface area contributed by atoms with Crippen LogP contribution in [0.3, 0.4) is 0 Å². The molecule has 8 heteroatoms. The van der Waals surface area contributed by atoms with Crippen LogP contribution >= 0.6 is 0 Å². The third-order valence-electron chi connectivity index (χ3n) is 2.82. The molecular weight excluding hydrogens is 287 g/mol. The van der Waals surface area contributed by atoms with E-state index in [1.165, 1.54) is 31.2 Å². The molecule has 0 radical (unpaired) electrons. The Kier molecular flexibility index (Phi) is 3.97. The Labute approximate surface area is 117 Å². The number of alkyl halides is 3. The predicted molar refractivity (Wildman–Crippen MR) is 72.2 cm³/mol. The molecule has 0 amide bonds. The van der Waals surface area contributed by atoms with Gasteiger partial charge in [-0.1, -0.05) is 0 Å². The Morgan fingerprint density at radius 1 is 1.33 bits per heavy atom. The average molecular weight is 299 g/mol. The monoisotopic (exact) mass is 299 g/mol. The highest BCUT2D eigenvalue weighted by atomic mass is 19.4. The van der Waals surface area contributed by atoms with Crippen LogP contribution in [0, 0.1) is 10.1 Å². The predicted octanol–water partition coefficient (Wildman–Crippen LogP) is 3.90. The summed E-state index contributed by atoms with van der Waals surface area (Å²) in [6.07, 6.45) is -5.21. The Morgan fingerprint density at radius 3 is 2.67 bits per heavy atom. The highest BCUT2D eigenvalue weighted by molar-refractivity contribution is 5.82. The van der Waals surface area contributed by atoms with Gasteiger partial charge in [-0.25, -0.2) is 4.98 Å². The van der Waals surface area contributed by atoms with Gasteiger partial charge in [-0.3, -0.25) is 10.1 Å². The minimum atomic E-state index is -4.25. The number of benzene rings is 1. The second-order valence-corrected chi connectivity index (χ2v) is 4.70. The summed E-state index contributed by atoms with van der Waals surface area (Å²) in [6, 6.07) is 6.40. The van der Waals surface area contributed by atoms with Crippen molar-refractivity contribution >= 4 is 22.4 Å². The van der Waals surface area contributed by atoms with Gasteiger partial charge in [0.25, 0.3) is 5.69 Å². The van der Waals surface area contributed by atoms with Gasteiger partial charge >= 0.3 is 6.18 Å². The maximum Gasteiger partial charge on any atom is 0.391 e. The number of nitro groups is 1. The molecule has 0 fully saturated rings. The van der Waals surface area contributed by atoms with E-state index >= 15 is 0 Å². The molecule has 0 saturated carbocycles. The third-order valence-corrected chi connectivity index (χ3v) is 2.82.